The van der Waals surface area contributed by atoms with Crippen LogP contribution >= 0.6 is 0 Å². The van der Waals surface area contributed by atoms with Gasteiger partial charge in [0.05, 0.1) is 0 Å². The molecule has 104 valence electrons. The third kappa shape index (κ3) is 14.5. The van der Waals surface area contributed by atoms with E-state index < -0.39 is 0 Å². The first kappa shape index (κ1) is 25.0. The molecule has 0 rings (SSSR count). The van der Waals surface area contributed by atoms with E-state index in [4.69, 9.17) is 9.47 Å². The summed E-state index contributed by atoms with van der Waals surface area (Å²) < 4.78 is 10.2. The van der Waals surface area contributed by atoms with E-state index in [0.717, 1.165) is 25.9 Å². The first-order valence-corrected chi connectivity index (χ1v) is 6.09. The maximum Gasteiger partial charge on any atom is 0.0354 e. The molecule has 4 nitrogen and oxygen atoms in total. The van der Waals surface area contributed by atoms with Crippen LogP contribution in [0.25, 0.3) is 10.6 Å². The molecule has 0 aliphatic heterocycles. The van der Waals surface area contributed by atoms with E-state index in [1.807, 2.05) is 0 Å². The summed E-state index contributed by atoms with van der Waals surface area (Å²) in [6.45, 7) is 7.27. The monoisotopic (exact) mass is 408 g/mol. The third-order valence-corrected chi connectivity index (χ3v) is 2.54. The molecule has 0 amide bonds. The Kier molecular flexibility index (Phi) is 26.5. The summed E-state index contributed by atoms with van der Waals surface area (Å²) in [5.41, 5.74) is 0. The number of hydrogen-bond donors (Lipinski definition) is 0. The molecule has 0 saturated carbocycles. The van der Waals surface area contributed by atoms with Crippen molar-refractivity contribution in [2.45, 2.75) is 38.8 Å². The molecule has 2 radical (unpaired) electrons. The number of rotatable bonds is 11. The topological polar surface area (TPSA) is 46.7 Å². The number of hydrogen-bond acceptors (Lipinski definition) is 2. The fourth-order valence-corrected chi connectivity index (χ4v) is 1.46. The summed E-state index contributed by atoms with van der Waals surface area (Å²) in [4.78, 5) is 0. The Morgan fingerprint density at radius 3 is 1.33 bits per heavy atom. The Balaban J connectivity index is -0.00000112. The minimum Gasteiger partial charge on any atom is -0.659 e. The van der Waals surface area contributed by atoms with Gasteiger partial charge in [-0.1, -0.05) is 26.7 Å². The van der Waals surface area contributed by atoms with Gasteiger partial charge in [-0.25, -0.2) is 0 Å². The second-order valence-electron chi connectivity index (χ2n) is 3.85. The van der Waals surface area contributed by atoms with E-state index >= 15 is 0 Å². The maximum absolute atomic E-state index is 5.09. The fraction of sp³-hybridized carbons (Fsp3) is 1.00. The van der Waals surface area contributed by atoms with E-state index in [1.54, 1.807) is 14.2 Å². The molecular formula is C12H26N2O2Y2-2. The molecule has 0 aromatic carbocycles. The summed E-state index contributed by atoms with van der Waals surface area (Å²) in [7, 11) is 3.43. The Bertz CT molecular complexity index is 138. The molecule has 2 atom stereocenters. The summed E-state index contributed by atoms with van der Waals surface area (Å²) in [6.07, 6.45) is 2.06. The van der Waals surface area contributed by atoms with Gasteiger partial charge in [0.2, 0.25) is 0 Å². The van der Waals surface area contributed by atoms with Crippen molar-refractivity contribution in [1.82, 2.24) is 0 Å². The average molecular weight is 408 g/mol. The van der Waals surface area contributed by atoms with Gasteiger partial charge in [0.25, 0.3) is 0 Å². The maximum atomic E-state index is 5.09. The van der Waals surface area contributed by atoms with E-state index in [0.29, 0.717) is 25.3 Å². The summed E-state index contributed by atoms with van der Waals surface area (Å²) >= 11 is 0. The van der Waals surface area contributed by atoms with E-state index in [-0.39, 0.29) is 65.4 Å². The van der Waals surface area contributed by atoms with Gasteiger partial charge < -0.3 is 20.1 Å². The molecule has 0 aromatic rings. The Morgan fingerprint density at radius 2 is 1.11 bits per heavy atom. The fourth-order valence-electron chi connectivity index (χ4n) is 1.46. The van der Waals surface area contributed by atoms with Gasteiger partial charge in [0.1, 0.15) is 0 Å². The Hall–Kier alpha value is 2.05. The molecule has 0 aromatic heterocycles. The molecule has 6 heteroatoms. The molecule has 0 heterocycles. The Morgan fingerprint density at radius 1 is 0.778 bits per heavy atom. The van der Waals surface area contributed by atoms with Crippen molar-refractivity contribution in [1.29, 1.82) is 0 Å². The van der Waals surface area contributed by atoms with Crippen LogP contribution in [0.1, 0.15) is 26.7 Å². The van der Waals surface area contributed by atoms with Crippen molar-refractivity contribution < 1.29 is 74.9 Å². The van der Waals surface area contributed by atoms with Crippen LogP contribution in [0, 0.1) is 0 Å². The molecule has 0 bridgehead atoms. The predicted octanol–water partition coefficient (Wildman–Crippen LogP) is 2.58. The molecule has 0 aliphatic rings. The van der Waals surface area contributed by atoms with E-state index in [1.165, 1.54) is 0 Å². The van der Waals surface area contributed by atoms with Gasteiger partial charge >= 0.3 is 0 Å². The molecule has 0 N–H and O–H groups in total. The quantitative estimate of drug-likeness (QED) is 0.494. The van der Waals surface area contributed by atoms with Crippen molar-refractivity contribution in [2.24, 2.45) is 0 Å². The Labute approximate surface area is 163 Å². The van der Waals surface area contributed by atoms with Crippen LogP contribution in [-0.2, 0) is 74.9 Å². The zero-order chi connectivity index (χ0) is 12.2. The van der Waals surface area contributed by atoms with Gasteiger partial charge in [-0.15, -0.1) is 12.1 Å². The molecular weight excluding hydrogens is 382 g/mol. The predicted molar refractivity (Wildman–Crippen MR) is 68.4 cm³/mol. The summed E-state index contributed by atoms with van der Waals surface area (Å²) in [5, 5.41) is 9.08. The van der Waals surface area contributed by atoms with Crippen molar-refractivity contribution in [3.63, 3.8) is 0 Å². The summed E-state index contributed by atoms with van der Waals surface area (Å²) in [6, 6.07) is 0.644. The number of nitrogens with zero attached hydrogens (tertiary/aromatic N) is 2. The normalized spacial score (nSPS) is 13.3. The zero-order valence-corrected chi connectivity index (χ0v) is 17.9. The van der Waals surface area contributed by atoms with Gasteiger partial charge in [-0.05, 0) is 0 Å². The first-order chi connectivity index (χ1) is 7.78. The van der Waals surface area contributed by atoms with E-state index in [9.17, 15) is 0 Å². The van der Waals surface area contributed by atoms with Crippen molar-refractivity contribution >= 4 is 0 Å². The zero-order valence-electron chi connectivity index (χ0n) is 12.3. The van der Waals surface area contributed by atoms with Gasteiger partial charge in [0, 0.05) is 92.9 Å². The van der Waals surface area contributed by atoms with Crippen molar-refractivity contribution in [3.05, 3.63) is 10.6 Å². The van der Waals surface area contributed by atoms with Crippen molar-refractivity contribution in [3.8, 4) is 0 Å². The van der Waals surface area contributed by atoms with Gasteiger partial charge in [0.15, 0.2) is 0 Å². The molecule has 0 aliphatic carbocycles. The molecule has 0 saturated heterocycles. The van der Waals surface area contributed by atoms with Crippen LogP contribution in [0.15, 0.2) is 0 Å². The molecule has 18 heavy (non-hydrogen) atoms. The van der Waals surface area contributed by atoms with Crippen LogP contribution in [0.5, 0.6) is 0 Å². The summed E-state index contributed by atoms with van der Waals surface area (Å²) in [5.74, 6) is 0. The van der Waals surface area contributed by atoms with Crippen LogP contribution in [-0.4, -0.2) is 52.6 Å². The van der Waals surface area contributed by atoms with Gasteiger partial charge in [-0.2, -0.15) is 13.1 Å². The smallest absolute Gasteiger partial charge is 0.0354 e. The minimum atomic E-state index is 0. The third-order valence-electron chi connectivity index (χ3n) is 2.54. The minimum absolute atomic E-state index is 0. The standard InChI is InChI=1S/C12H26N2O2.2Y/c1-5-11(9-15-3)13-7-8-14-12(6-2)10-16-4;;/h11-12H,5-10H2,1-4H3;;/q-2;;/t11-,12-;;/m0../s1. The second kappa shape index (κ2) is 19.0. The molecule has 0 spiro atoms. The van der Waals surface area contributed by atoms with Gasteiger partial charge in [-0.3, -0.25) is 0 Å². The average Bonchev–Trinajstić information content (AvgIpc) is 2.31. The SMILES string of the molecule is CC[C@@H](COC)[N-]CC[N-][C@@H](CC)COC.[Y].[Y]. The molecule has 0 unspecified atom stereocenters. The van der Waals surface area contributed by atoms with Crippen LogP contribution in [0.3, 0.4) is 0 Å². The number of ether oxygens (including phenoxy) is 2. The molecule has 0 fully saturated rings. The van der Waals surface area contributed by atoms with E-state index in [2.05, 4.69) is 24.5 Å². The van der Waals surface area contributed by atoms with Crippen LogP contribution < -0.4 is 0 Å². The number of methoxy groups -OCH3 is 2. The van der Waals surface area contributed by atoms with Crippen LogP contribution in [0.4, 0.5) is 0 Å². The van der Waals surface area contributed by atoms with Crippen molar-refractivity contribution in [2.75, 3.05) is 40.5 Å². The first-order valence-electron chi connectivity index (χ1n) is 6.09. The largest absolute Gasteiger partial charge is 0.659 e. The van der Waals surface area contributed by atoms with Crippen LogP contribution in [0.2, 0.25) is 0 Å². The second-order valence-corrected chi connectivity index (χ2v) is 3.85.